The van der Waals surface area contributed by atoms with Gasteiger partial charge in [0.1, 0.15) is 12.1 Å². The van der Waals surface area contributed by atoms with Crippen molar-refractivity contribution in [3.05, 3.63) is 70.2 Å². The van der Waals surface area contributed by atoms with Crippen LogP contribution < -0.4 is 0 Å². The molecule has 1 aliphatic rings. The zero-order valence-corrected chi connectivity index (χ0v) is 17.0. The van der Waals surface area contributed by atoms with E-state index in [-0.39, 0.29) is 24.4 Å². The van der Waals surface area contributed by atoms with Gasteiger partial charge in [-0.25, -0.2) is 0 Å². The van der Waals surface area contributed by atoms with E-state index in [1.807, 2.05) is 64.1 Å². The van der Waals surface area contributed by atoms with Crippen molar-refractivity contribution in [3.8, 4) is 0 Å². The van der Waals surface area contributed by atoms with Crippen LogP contribution in [-0.4, -0.2) is 34.2 Å². The average Bonchev–Trinajstić information content (AvgIpc) is 2.63. The van der Waals surface area contributed by atoms with Gasteiger partial charge < -0.3 is 9.80 Å². The summed E-state index contributed by atoms with van der Waals surface area (Å²) in [4.78, 5) is 29.9. The minimum Gasteiger partial charge on any atom is -0.329 e. The lowest BCUT2D eigenvalue weighted by Gasteiger charge is -2.49. The highest BCUT2D eigenvalue weighted by Gasteiger charge is 2.50. The number of piperazine rings is 1. The smallest absolute Gasteiger partial charge is 0.253 e. The molecule has 1 fully saturated rings. The van der Waals surface area contributed by atoms with E-state index in [1.165, 1.54) is 0 Å². The molecule has 1 heterocycles. The summed E-state index contributed by atoms with van der Waals surface area (Å²) < 4.78 is 0. The van der Waals surface area contributed by atoms with Gasteiger partial charge in [-0.3, -0.25) is 9.59 Å². The van der Waals surface area contributed by atoms with Gasteiger partial charge in [-0.1, -0.05) is 53.6 Å². The molecule has 3 rings (SSSR count). The highest BCUT2D eigenvalue weighted by Crippen LogP contribution is 2.36. The van der Waals surface area contributed by atoms with Gasteiger partial charge in [-0.05, 0) is 51.0 Å². The Balaban J connectivity index is 2.07. The Morgan fingerprint density at radius 2 is 1.63 bits per heavy atom. The summed E-state index contributed by atoms with van der Waals surface area (Å²) >= 11 is 5.99. The predicted molar refractivity (Wildman–Crippen MR) is 107 cm³/mol. The van der Waals surface area contributed by atoms with Crippen LogP contribution >= 0.6 is 11.6 Å². The minimum absolute atomic E-state index is 0.0381. The zero-order valence-electron chi connectivity index (χ0n) is 16.2. The van der Waals surface area contributed by atoms with Crippen LogP contribution in [-0.2, 0) is 21.7 Å². The first-order chi connectivity index (χ1) is 12.7. The fraction of sp³-hybridized carbons (Fsp3) is 0.364. The molecular formula is C22H25ClN2O2. The van der Waals surface area contributed by atoms with Crippen LogP contribution in [0.2, 0.25) is 5.02 Å². The van der Waals surface area contributed by atoms with E-state index >= 15 is 0 Å². The van der Waals surface area contributed by atoms with E-state index in [2.05, 4.69) is 0 Å². The van der Waals surface area contributed by atoms with E-state index < -0.39 is 5.54 Å². The van der Waals surface area contributed by atoms with Crippen LogP contribution in [0.5, 0.6) is 0 Å². The summed E-state index contributed by atoms with van der Waals surface area (Å²) in [6.45, 7) is 8.20. The average molecular weight is 385 g/mol. The quantitative estimate of drug-likeness (QED) is 0.794. The number of carbonyl (C=O) groups is 2. The Kier molecular flexibility index (Phi) is 5.29. The van der Waals surface area contributed by atoms with Gasteiger partial charge in [-0.15, -0.1) is 0 Å². The topological polar surface area (TPSA) is 40.6 Å². The molecule has 0 aromatic heterocycles. The Hall–Kier alpha value is -2.33. The molecule has 2 aromatic carbocycles. The number of hydrogen-bond acceptors (Lipinski definition) is 2. The predicted octanol–water partition coefficient (Wildman–Crippen LogP) is 4.14. The van der Waals surface area contributed by atoms with E-state index in [1.54, 1.807) is 21.9 Å². The molecule has 0 bridgehead atoms. The van der Waals surface area contributed by atoms with Gasteiger partial charge in [0.25, 0.3) is 5.91 Å². The van der Waals surface area contributed by atoms with Crippen molar-refractivity contribution >= 4 is 23.4 Å². The molecule has 2 aromatic rings. The fourth-order valence-corrected chi connectivity index (χ4v) is 3.67. The number of carbonyl (C=O) groups excluding carboxylic acids is 2. The third-order valence-electron chi connectivity index (χ3n) is 5.31. The van der Waals surface area contributed by atoms with Crippen molar-refractivity contribution in [3.63, 3.8) is 0 Å². The molecule has 4 nitrogen and oxygen atoms in total. The second-order valence-corrected chi connectivity index (χ2v) is 8.01. The molecule has 1 atom stereocenters. The number of halogens is 1. The van der Waals surface area contributed by atoms with E-state index in [4.69, 9.17) is 11.6 Å². The number of amides is 2. The molecule has 2 amide bonds. The first-order valence-electron chi connectivity index (χ1n) is 9.16. The summed E-state index contributed by atoms with van der Waals surface area (Å²) in [7, 11) is 0. The lowest BCUT2D eigenvalue weighted by atomic mass is 9.85. The molecule has 0 radical (unpaired) electrons. The molecule has 1 saturated heterocycles. The number of hydrogen-bond donors (Lipinski definition) is 0. The van der Waals surface area contributed by atoms with Crippen molar-refractivity contribution in [1.82, 2.24) is 9.80 Å². The highest BCUT2D eigenvalue weighted by molar-refractivity contribution is 6.30. The molecule has 0 aliphatic carbocycles. The maximum atomic E-state index is 13.5. The van der Waals surface area contributed by atoms with Crippen molar-refractivity contribution in [1.29, 1.82) is 0 Å². The number of nitrogens with zero attached hydrogens (tertiary/aromatic N) is 2. The van der Waals surface area contributed by atoms with Crippen molar-refractivity contribution in [2.24, 2.45) is 0 Å². The van der Waals surface area contributed by atoms with Crippen LogP contribution in [0.1, 0.15) is 37.5 Å². The monoisotopic (exact) mass is 384 g/mol. The van der Waals surface area contributed by atoms with E-state index in [9.17, 15) is 9.59 Å². The summed E-state index contributed by atoms with van der Waals surface area (Å²) in [6, 6.07) is 15.2. The maximum absolute atomic E-state index is 13.5. The van der Waals surface area contributed by atoms with Gasteiger partial charge in [0.15, 0.2) is 0 Å². The second-order valence-electron chi connectivity index (χ2n) is 7.57. The Morgan fingerprint density at radius 3 is 2.19 bits per heavy atom. The van der Waals surface area contributed by atoms with Gasteiger partial charge in [0, 0.05) is 17.6 Å². The number of benzene rings is 2. The van der Waals surface area contributed by atoms with Crippen molar-refractivity contribution in [2.75, 3.05) is 6.54 Å². The number of rotatable bonds is 4. The molecule has 5 heteroatoms. The Morgan fingerprint density at radius 1 is 1.04 bits per heavy atom. The molecule has 0 saturated carbocycles. The summed E-state index contributed by atoms with van der Waals surface area (Å²) in [5.41, 5.74) is 1.83. The van der Waals surface area contributed by atoms with Crippen LogP contribution in [0.3, 0.4) is 0 Å². The lowest BCUT2D eigenvalue weighted by molar-refractivity contribution is -0.167. The van der Waals surface area contributed by atoms with Crippen molar-refractivity contribution in [2.45, 2.75) is 45.8 Å². The van der Waals surface area contributed by atoms with E-state index in [0.29, 0.717) is 11.6 Å². The molecule has 0 N–H and O–H groups in total. The zero-order chi connectivity index (χ0) is 19.8. The first kappa shape index (κ1) is 19.4. The van der Waals surface area contributed by atoms with E-state index in [0.717, 1.165) is 16.7 Å². The van der Waals surface area contributed by atoms with Crippen LogP contribution in [0.4, 0.5) is 0 Å². The highest BCUT2D eigenvalue weighted by atomic mass is 35.5. The minimum atomic E-state index is -1.05. The third-order valence-corrected chi connectivity index (χ3v) is 5.57. The van der Waals surface area contributed by atoms with Crippen LogP contribution in [0, 0.1) is 6.92 Å². The maximum Gasteiger partial charge on any atom is 0.253 e. The second kappa shape index (κ2) is 7.35. The standard InChI is InChI=1S/C22H25ClN2O2/c1-15(2)24-14-20(26)25(13-17-7-11-19(23)12-8-17)22(4,21(24)27)18-9-5-16(3)6-10-18/h5-12,15H,13-14H2,1-4H3. The number of aryl methyl sites for hydroxylation is 1. The van der Waals surface area contributed by atoms with Crippen LogP contribution in [0.15, 0.2) is 48.5 Å². The molecular weight excluding hydrogens is 360 g/mol. The molecule has 1 aliphatic heterocycles. The Bertz CT molecular complexity index is 846. The molecule has 142 valence electrons. The lowest BCUT2D eigenvalue weighted by Crippen LogP contribution is -2.65. The first-order valence-corrected chi connectivity index (χ1v) is 9.54. The third kappa shape index (κ3) is 3.59. The Labute approximate surface area is 165 Å². The van der Waals surface area contributed by atoms with Crippen molar-refractivity contribution < 1.29 is 9.59 Å². The summed E-state index contributed by atoms with van der Waals surface area (Å²) in [5, 5.41) is 0.645. The molecule has 0 spiro atoms. The molecule has 1 unspecified atom stereocenters. The SMILES string of the molecule is Cc1ccc(C2(C)C(=O)N(C(C)C)CC(=O)N2Cc2ccc(Cl)cc2)cc1. The normalized spacial score (nSPS) is 20.5. The largest absolute Gasteiger partial charge is 0.329 e. The molecule has 27 heavy (non-hydrogen) atoms. The van der Waals surface area contributed by atoms with Crippen LogP contribution in [0.25, 0.3) is 0 Å². The fourth-order valence-electron chi connectivity index (χ4n) is 3.54. The summed E-state index contributed by atoms with van der Waals surface area (Å²) in [6.07, 6.45) is 0. The summed E-state index contributed by atoms with van der Waals surface area (Å²) in [5.74, 6) is -0.101. The van der Waals surface area contributed by atoms with Gasteiger partial charge >= 0.3 is 0 Å². The van der Waals surface area contributed by atoms with Gasteiger partial charge in [-0.2, -0.15) is 0 Å². The van der Waals surface area contributed by atoms with Gasteiger partial charge in [0.05, 0.1) is 0 Å². The van der Waals surface area contributed by atoms with Gasteiger partial charge in [0.2, 0.25) is 5.91 Å².